The molecule has 130 valence electrons. The van der Waals surface area contributed by atoms with Gasteiger partial charge in [0.05, 0.1) is 5.76 Å². The Morgan fingerprint density at radius 2 is 1.36 bits per heavy atom. The predicted molar refractivity (Wildman–Crippen MR) is 106 cm³/mol. The number of allylic oxidation sites excluding steroid dienone is 2. The highest BCUT2D eigenvalue weighted by Gasteiger charge is 2.52. The van der Waals surface area contributed by atoms with Crippen LogP contribution in [-0.4, -0.2) is 14.1 Å². The molecule has 0 saturated carbocycles. The van der Waals surface area contributed by atoms with Crippen LogP contribution in [0.15, 0.2) is 72.5 Å². The van der Waals surface area contributed by atoms with Gasteiger partial charge in [0.2, 0.25) is 0 Å². The molecule has 0 amide bonds. The molecule has 1 aliphatic rings. The summed E-state index contributed by atoms with van der Waals surface area (Å²) in [4.78, 5) is 11.9. The summed E-state index contributed by atoms with van der Waals surface area (Å²) >= 11 is 0. The van der Waals surface area contributed by atoms with Crippen LogP contribution in [0.4, 0.5) is 0 Å². The van der Waals surface area contributed by atoms with Crippen LogP contribution in [0.3, 0.4) is 0 Å². The van der Waals surface area contributed by atoms with E-state index >= 15 is 0 Å². The fourth-order valence-corrected chi connectivity index (χ4v) is 8.17. The molecule has 0 radical (unpaired) electrons. The molecule has 0 heterocycles. The maximum atomic E-state index is 11.9. The highest BCUT2D eigenvalue weighted by Crippen LogP contribution is 2.39. The first kappa shape index (κ1) is 17.7. The van der Waals surface area contributed by atoms with Crippen molar-refractivity contribution in [3.8, 4) is 0 Å². The van der Waals surface area contributed by atoms with Crippen LogP contribution in [-0.2, 0) is 9.22 Å². The van der Waals surface area contributed by atoms with E-state index in [0.717, 1.165) is 18.6 Å². The third kappa shape index (κ3) is 3.47. The van der Waals surface area contributed by atoms with Gasteiger partial charge in [-0.15, -0.1) is 0 Å². The summed E-state index contributed by atoms with van der Waals surface area (Å²) in [5, 5.41) is 2.41. The lowest BCUT2D eigenvalue weighted by Gasteiger charge is -2.43. The molecule has 3 heteroatoms. The Labute approximate surface area is 151 Å². The number of hydrogen-bond donors (Lipinski definition) is 0. The lowest BCUT2D eigenvalue weighted by Crippen LogP contribution is -2.66. The van der Waals surface area contributed by atoms with Crippen molar-refractivity contribution < 1.29 is 9.22 Å². The zero-order valence-corrected chi connectivity index (χ0v) is 16.3. The monoisotopic (exact) mass is 350 g/mol. The van der Waals surface area contributed by atoms with Gasteiger partial charge < -0.3 is 4.43 Å². The first-order chi connectivity index (χ1) is 11.9. The molecule has 1 aliphatic carbocycles. The molecule has 0 unspecified atom stereocenters. The summed E-state index contributed by atoms with van der Waals surface area (Å²) in [7, 11) is -2.59. The van der Waals surface area contributed by atoms with E-state index in [1.807, 2.05) is 12.1 Å². The van der Waals surface area contributed by atoms with E-state index in [4.69, 9.17) is 4.43 Å². The molecular formula is C22H26O2Si. The highest BCUT2D eigenvalue weighted by molar-refractivity contribution is 6.99. The second-order valence-electron chi connectivity index (χ2n) is 7.70. The smallest absolute Gasteiger partial charge is 0.319 e. The minimum absolute atomic E-state index is 0.0724. The predicted octanol–water partition coefficient (Wildman–Crippen LogP) is 4.20. The highest BCUT2D eigenvalue weighted by atomic mass is 28.4. The topological polar surface area (TPSA) is 26.3 Å². The fourth-order valence-electron chi connectivity index (χ4n) is 3.69. The Morgan fingerprint density at radius 3 is 1.80 bits per heavy atom. The Hall–Kier alpha value is -2.13. The maximum absolute atomic E-state index is 11.9. The van der Waals surface area contributed by atoms with Gasteiger partial charge in [-0.1, -0.05) is 81.4 Å². The number of carbonyl (C=O) groups excluding carboxylic acids is 1. The van der Waals surface area contributed by atoms with Crippen LogP contribution in [0.1, 0.15) is 40.0 Å². The number of hydrogen-bond acceptors (Lipinski definition) is 2. The van der Waals surface area contributed by atoms with Gasteiger partial charge in [0, 0.05) is 18.9 Å². The third-order valence-corrected chi connectivity index (χ3v) is 9.84. The van der Waals surface area contributed by atoms with E-state index in [9.17, 15) is 4.79 Å². The Kier molecular flexibility index (Phi) is 4.95. The van der Waals surface area contributed by atoms with E-state index in [1.54, 1.807) is 6.08 Å². The second-order valence-corrected chi connectivity index (χ2v) is 11.9. The van der Waals surface area contributed by atoms with E-state index in [-0.39, 0.29) is 10.8 Å². The summed E-state index contributed by atoms with van der Waals surface area (Å²) in [5.41, 5.74) is 0. The number of ketones is 1. The van der Waals surface area contributed by atoms with Gasteiger partial charge in [-0.25, -0.2) is 0 Å². The molecule has 0 bridgehead atoms. The van der Waals surface area contributed by atoms with Crippen molar-refractivity contribution in [2.24, 2.45) is 0 Å². The van der Waals surface area contributed by atoms with E-state index in [2.05, 4.69) is 69.3 Å². The quantitative estimate of drug-likeness (QED) is 0.773. The molecule has 0 atom stereocenters. The van der Waals surface area contributed by atoms with Gasteiger partial charge in [0.25, 0.3) is 0 Å². The van der Waals surface area contributed by atoms with Gasteiger partial charge in [-0.05, 0) is 21.8 Å². The lowest BCUT2D eigenvalue weighted by atomic mass is 10.1. The van der Waals surface area contributed by atoms with Crippen molar-refractivity contribution in [2.75, 3.05) is 0 Å². The fraction of sp³-hybridized carbons (Fsp3) is 0.318. The molecule has 0 fully saturated rings. The van der Waals surface area contributed by atoms with Crippen molar-refractivity contribution in [3.63, 3.8) is 0 Å². The second kappa shape index (κ2) is 7.01. The van der Waals surface area contributed by atoms with Crippen LogP contribution < -0.4 is 10.4 Å². The first-order valence-electron chi connectivity index (χ1n) is 8.97. The van der Waals surface area contributed by atoms with Gasteiger partial charge in [0.15, 0.2) is 5.78 Å². The van der Waals surface area contributed by atoms with Crippen LogP contribution in [0, 0.1) is 0 Å². The molecule has 2 nitrogen and oxygen atoms in total. The Bertz CT molecular complexity index is 718. The summed E-state index contributed by atoms with van der Waals surface area (Å²) in [6.07, 6.45) is 4.08. The Balaban J connectivity index is 2.20. The van der Waals surface area contributed by atoms with Crippen LogP contribution in [0.5, 0.6) is 0 Å². The lowest BCUT2D eigenvalue weighted by molar-refractivity contribution is -0.115. The summed E-state index contributed by atoms with van der Waals surface area (Å²) in [5.74, 6) is 1.03. The van der Waals surface area contributed by atoms with Gasteiger partial charge in [-0.3, -0.25) is 4.79 Å². The molecule has 0 aliphatic heterocycles. The summed E-state index contributed by atoms with van der Waals surface area (Å²) in [6.45, 7) is 6.76. The zero-order valence-electron chi connectivity index (χ0n) is 15.3. The van der Waals surface area contributed by atoms with Crippen molar-refractivity contribution in [1.82, 2.24) is 0 Å². The average molecular weight is 351 g/mol. The minimum Gasteiger partial charge on any atom is -0.537 e. The molecular weight excluding hydrogens is 324 g/mol. The molecule has 2 aromatic rings. The van der Waals surface area contributed by atoms with Crippen molar-refractivity contribution >= 4 is 24.5 Å². The maximum Gasteiger partial charge on any atom is 0.319 e. The number of carbonyl (C=O) groups is 1. The van der Waals surface area contributed by atoms with Crippen LogP contribution in [0.25, 0.3) is 0 Å². The first-order valence-corrected chi connectivity index (χ1v) is 10.9. The number of rotatable bonds is 4. The SMILES string of the molecule is CC(C)(C)[Si](OC1=CC(=O)CCC1)(c1ccccc1)c1ccccc1. The number of benzene rings is 2. The minimum atomic E-state index is -2.59. The van der Waals surface area contributed by atoms with Gasteiger partial charge in [0.1, 0.15) is 0 Å². The molecule has 3 rings (SSSR count). The molecule has 25 heavy (non-hydrogen) atoms. The van der Waals surface area contributed by atoms with Crippen molar-refractivity contribution in [2.45, 2.75) is 45.1 Å². The summed E-state index contributed by atoms with van der Waals surface area (Å²) < 4.78 is 6.87. The standard InChI is InChI=1S/C22H26O2Si/c1-22(2,3)25(20-13-6-4-7-14-20,21-15-8-5-9-16-21)24-19-12-10-11-18(23)17-19/h4-9,13-17H,10-12H2,1-3H3. The largest absolute Gasteiger partial charge is 0.537 e. The molecule has 2 aromatic carbocycles. The van der Waals surface area contributed by atoms with Crippen molar-refractivity contribution in [3.05, 3.63) is 72.5 Å². The molecule has 0 spiro atoms. The van der Waals surface area contributed by atoms with E-state index in [0.29, 0.717) is 6.42 Å². The third-order valence-electron chi connectivity index (χ3n) is 4.87. The van der Waals surface area contributed by atoms with Crippen molar-refractivity contribution in [1.29, 1.82) is 0 Å². The zero-order chi connectivity index (χ0) is 17.9. The normalized spacial score (nSPS) is 15.6. The van der Waals surface area contributed by atoms with Crippen LogP contribution in [0.2, 0.25) is 5.04 Å². The average Bonchev–Trinajstić information content (AvgIpc) is 2.60. The summed E-state index contributed by atoms with van der Waals surface area (Å²) in [6, 6.07) is 21.1. The van der Waals surface area contributed by atoms with E-state index < -0.39 is 8.32 Å². The van der Waals surface area contributed by atoms with E-state index in [1.165, 1.54) is 10.4 Å². The molecule has 0 saturated heterocycles. The van der Waals surface area contributed by atoms with Gasteiger partial charge >= 0.3 is 8.32 Å². The van der Waals surface area contributed by atoms with Gasteiger partial charge in [-0.2, -0.15) is 0 Å². The van der Waals surface area contributed by atoms with Crippen LogP contribution >= 0.6 is 0 Å². The molecule has 0 N–H and O–H groups in total. The molecule has 0 aromatic heterocycles. The Morgan fingerprint density at radius 1 is 0.840 bits per heavy atom.